The maximum absolute atomic E-state index is 12.1. The van der Waals surface area contributed by atoms with Crippen molar-refractivity contribution in [2.24, 2.45) is 5.73 Å². The number of amides is 1. The van der Waals surface area contributed by atoms with Crippen LogP contribution in [0.3, 0.4) is 0 Å². The van der Waals surface area contributed by atoms with Crippen molar-refractivity contribution in [3.8, 4) is 0 Å². The predicted octanol–water partition coefficient (Wildman–Crippen LogP) is 2.42. The maximum Gasteiger partial charge on any atom is 0.240 e. The van der Waals surface area contributed by atoms with Gasteiger partial charge in [-0.05, 0) is 37.3 Å². The van der Waals surface area contributed by atoms with Gasteiger partial charge in [0.05, 0.1) is 5.54 Å². The SMILES string of the molecule is Cl.NC1(C(=O)NCC2(c3ccccc3Cl)CCOCC2)CC1. The van der Waals surface area contributed by atoms with E-state index < -0.39 is 5.54 Å². The van der Waals surface area contributed by atoms with E-state index in [1.54, 1.807) is 0 Å². The second-order valence-corrected chi connectivity index (χ2v) is 6.62. The molecule has 2 aliphatic rings. The molecule has 0 atom stereocenters. The lowest BCUT2D eigenvalue weighted by Crippen LogP contribution is -2.50. The molecule has 0 bridgehead atoms. The average molecular weight is 345 g/mol. The molecule has 2 fully saturated rings. The van der Waals surface area contributed by atoms with E-state index in [-0.39, 0.29) is 23.7 Å². The first-order valence-electron chi connectivity index (χ1n) is 7.46. The van der Waals surface area contributed by atoms with E-state index in [4.69, 9.17) is 22.1 Å². The standard InChI is InChI=1S/C16H21ClN2O2.ClH/c17-13-4-2-1-3-12(13)15(7-9-21-10-8-15)11-19-14(20)16(18)5-6-16;/h1-4H,5-11,18H2,(H,19,20);1H. The Labute approximate surface area is 142 Å². The molecule has 1 saturated heterocycles. The highest BCUT2D eigenvalue weighted by molar-refractivity contribution is 6.31. The molecule has 1 amide bonds. The lowest BCUT2D eigenvalue weighted by Gasteiger charge is -2.38. The van der Waals surface area contributed by atoms with Crippen molar-refractivity contribution in [3.05, 3.63) is 34.9 Å². The Kier molecular flexibility index (Phi) is 5.38. The van der Waals surface area contributed by atoms with Gasteiger partial charge in [0.2, 0.25) is 5.91 Å². The van der Waals surface area contributed by atoms with E-state index in [1.165, 1.54) is 0 Å². The largest absolute Gasteiger partial charge is 0.381 e. The first-order valence-corrected chi connectivity index (χ1v) is 7.84. The van der Waals surface area contributed by atoms with Crippen molar-refractivity contribution in [2.45, 2.75) is 36.6 Å². The van der Waals surface area contributed by atoms with Crippen LogP contribution in [-0.2, 0) is 14.9 Å². The number of carbonyl (C=O) groups excluding carboxylic acids is 1. The van der Waals surface area contributed by atoms with Crippen LogP contribution in [0.1, 0.15) is 31.2 Å². The van der Waals surface area contributed by atoms with Crippen molar-refractivity contribution in [2.75, 3.05) is 19.8 Å². The van der Waals surface area contributed by atoms with Gasteiger partial charge in [-0.25, -0.2) is 0 Å². The van der Waals surface area contributed by atoms with Gasteiger partial charge < -0.3 is 15.8 Å². The van der Waals surface area contributed by atoms with Gasteiger partial charge in [-0.1, -0.05) is 29.8 Å². The maximum atomic E-state index is 12.1. The molecule has 22 heavy (non-hydrogen) atoms. The van der Waals surface area contributed by atoms with Crippen LogP contribution in [0.4, 0.5) is 0 Å². The summed E-state index contributed by atoms with van der Waals surface area (Å²) < 4.78 is 5.49. The first kappa shape index (κ1) is 17.5. The summed E-state index contributed by atoms with van der Waals surface area (Å²) in [4.78, 5) is 12.1. The van der Waals surface area contributed by atoms with E-state index >= 15 is 0 Å². The summed E-state index contributed by atoms with van der Waals surface area (Å²) >= 11 is 6.39. The van der Waals surface area contributed by atoms with E-state index in [9.17, 15) is 4.79 Å². The zero-order valence-corrected chi connectivity index (χ0v) is 14.0. The first-order chi connectivity index (χ1) is 10.1. The fourth-order valence-corrected chi connectivity index (χ4v) is 3.32. The van der Waals surface area contributed by atoms with Gasteiger partial charge in [0, 0.05) is 30.2 Å². The van der Waals surface area contributed by atoms with Crippen molar-refractivity contribution in [1.29, 1.82) is 0 Å². The smallest absolute Gasteiger partial charge is 0.240 e. The summed E-state index contributed by atoms with van der Waals surface area (Å²) in [5.74, 6) is -0.0413. The van der Waals surface area contributed by atoms with Gasteiger partial charge >= 0.3 is 0 Å². The van der Waals surface area contributed by atoms with E-state index in [0.717, 1.165) is 36.3 Å². The molecule has 0 aromatic heterocycles. The fraction of sp³-hybridized carbons (Fsp3) is 0.562. The second kappa shape index (κ2) is 6.75. The molecule has 1 aliphatic carbocycles. The second-order valence-electron chi connectivity index (χ2n) is 6.21. The third kappa shape index (κ3) is 3.40. The van der Waals surface area contributed by atoms with Crippen LogP contribution in [0.2, 0.25) is 5.02 Å². The van der Waals surface area contributed by atoms with Crippen LogP contribution in [0.15, 0.2) is 24.3 Å². The fourth-order valence-electron chi connectivity index (χ4n) is 2.98. The van der Waals surface area contributed by atoms with Crippen LogP contribution in [-0.4, -0.2) is 31.2 Å². The number of nitrogens with one attached hydrogen (secondary N) is 1. The highest BCUT2D eigenvalue weighted by Gasteiger charge is 2.47. The highest BCUT2D eigenvalue weighted by Crippen LogP contribution is 2.39. The van der Waals surface area contributed by atoms with Crippen LogP contribution in [0.5, 0.6) is 0 Å². The molecule has 0 spiro atoms. The van der Waals surface area contributed by atoms with Gasteiger partial charge in [-0.2, -0.15) is 0 Å². The molecule has 1 aromatic rings. The number of ether oxygens (including phenoxy) is 1. The molecule has 3 N–H and O–H groups in total. The molecule has 3 rings (SSSR count). The van der Waals surface area contributed by atoms with Crippen LogP contribution in [0.25, 0.3) is 0 Å². The number of rotatable bonds is 4. The summed E-state index contributed by atoms with van der Waals surface area (Å²) in [5.41, 5.74) is 6.26. The van der Waals surface area contributed by atoms with Gasteiger partial charge in [0.15, 0.2) is 0 Å². The predicted molar refractivity (Wildman–Crippen MR) is 89.6 cm³/mol. The lowest BCUT2D eigenvalue weighted by atomic mass is 9.74. The number of hydrogen-bond donors (Lipinski definition) is 2. The Morgan fingerprint density at radius 3 is 2.45 bits per heavy atom. The quantitative estimate of drug-likeness (QED) is 0.881. The zero-order valence-electron chi connectivity index (χ0n) is 12.4. The van der Waals surface area contributed by atoms with Crippen molar-refractivity contribution >= 4 is 29.9 Å². The molecule has 0 unspecified atom stereocenters. The van der Waals surface area contributed by atoms with Gasteiger partial charge in [0.25, 0.3) is 0 Å². The summed E-state index contributed by atoms with van der Waals surface area (Å²) in [7, 11) is 0. The van der Waals surface area contributed by atoms with Crippen molar-refractivity contribution in [1.82, 2.24) is 5.32 Å². The Balaban J connectivity index is 0.00000176. The van der Waals surface area contributed by atoms with Crippen LogP contribution >= 0.6 is 24.0 Å². The summed E-state index contributed by atoms with van der Waals surface area (Å²) in [6.07, 6.45) is 3.27. The number of nitrogens with two attached hydrogens (primary N) is 1. The number of benzene rings is 1. The van der Waals surface area contributed by atoms with Gasteiger partial charge in [-0.15, -0.1) is 12.4 Å². The molecule has 1 saturated carbocycles. The van der Waals surface area contributed by atoms with Gasteiger partial charge in [-0.3, -0.25) is 4.79 Å². The molecule has 1 aromatic carbocycles. The minimum Gasteiger partial charge on any atom is -0.381 e. The third-order valence-electron chi connectivity index (χ3n) is 4.72. The molecule has 4 nitrogen and oxygen atoms in total. The Hall–Kier alpha value is -0.810. The molecule has 122 valence electrons. The normalized spacial score (nSPS) is 21.5. The van der Waals surface area contributed by atoms with E-state index in [2.05, 4.69) is 11.4 Å². The molecule has 0 radical (unpaired) electrons. The Bertz CT molecular complexity index is 541. The van der Waals surface area contributed by atoms with E-state index in [0.29, 0.717) is 19.8 Å². The number of hydrogen-bond acceptors (Lipinski definition) is 3. The molecule has 6 heteroatoms. The van der Waals surface area contributed by atoms with Crippen LogP contribution in [0, 0.1) is 0 Å². The Morgan fingerprint density at radius 2 is 1.86 bits per heavy atom. The summed E-state index contributed by atoms with van der Waals surface area (Å²) in [5, 5.41) is 3.80. The molecular formula is C16H22Cl2N2O2. The van der Waals surface area contributed by atoms with Crippen molar-refractivity contribution < 1.29 is 9.53 Å². The zero-order chi connectivity index (χ0) is 14.9. The number of carbonyl (C=O) groups is 1. The summed E-state index contributed by atoms with van der Waals surface area (Å²) in [6.45, 7) is 1.95. The number of halogens is 2. The van der Waals surface area contributed by atoms with Crippen molar-refractivity contribution in [3.63, 3.8) is 0 Å². The lowest BCUT2D eigenvalue weighted by molar-refractivity contribution is -0.123. The summed E-state index contributed by atoms with van der Waals surface area (Å²) in [6, 6.07) is 7.87. The minimum absolute atomic E-state index is 0. The minimum atomic E-state index is -0.632. The average Bonchev–Trinajstić information content (AvgIpc) is 3.25. The third-order valence-corrected chi connectivity index (χ3v) is 5.05. The Morgan fingerprint density at radius 1 is 1.23 bits per heavy atom. The van der Waals surface area contributed by atoms with E-state index in [1.807, 2.05) is 18.2 Å². The highest BCUT2D eigenvalue weighted by atomic mass is 35.5. The molecule has 1 aliphatic heterocycles. The molecule has 1 heterocycles. The van der Waals surface area contributed by atoms with Crippen LogP contribution < -0.4 is 11.1 Å². The van der Waals surface area contributed by atoms with Gasteiger partial charge in [0.1, 0.15) is 0 Å². The topological polar surface area (TPSA) is 64.4 Å². The molecular weight excluding hydrogens is 323 g/mol. The monoisotopic (exact) mass is 344 g/mol.